The maximum atomic E-state index is 11.1. The topological polar surface area (TPSA) is 17.1 Å². The lowest BCUT2D eigenvalue weighted by molar-refractivity contribution is 0.108. The van der Waals surface area contributed by atoms with Crippen LogP contribution in [0.3, 0.4) is 0 Å². The van der Waals surface area contributed by atoms with Crippen LogP contribution >= 0.6 is 22.9 Å². The minimum absolute atomic E-state index is 0.390. The predicted molar refractivity (Wildman–Crippen MR) is 59.9 cm³/mol. The summed E-state index contributed by atoms with van der Waals surface area (Å²) in [5.41, 5.74) is 1.94. The first kappa shape index (κ1) is 9.44. The van der Waals surface area contributed by atoms with Crippen molar-refractivity contribution in [2.24, 2.45) is 0 Å². The molecule has 2 rings (SSSR count). The van der Waals surface area contributed by atoms with Gasteiger partial charge in [0.05, 0.1) is 4.88 Å². The maximum Gasteiger partial charge on any atom is 0.263 e. The van der Waals surface area contributed by atoms with Crippen LogP contribution in [-0.2, 0) is 0 Å². The van der Waals surface area contributed by atoms with Gasteiger partial charge in [0, 0.05) is 5.56 Å². The van der Waals surface area contributed by atoms with Gasteiger partial charge in [-0.05, 0) is 28.6 Å². The van der Waals surface area contributed by atoms with Gasteiger partial charge in [-0.15, -0.1) is 11.3 Å². The number of carbonyl (C=O) groups excluding carboxylic acids is 1. The van der Waals surface area contributed by atoms with Crippen LogP contribution in [0.2, 0.25) is 0 Å². The van der Waals surface area contributed by atoms with E-state index in [-0.39, 0.29) is 5.24 Å². The summed E-state index contributed by atoms with van der Waals surface area (Å²) in [6, 6.07) is 11.7. The molecule has 70 valence electrons. The lowest BCUT2D eigenvalue weighted by atomic mass is 10.1. The molecule has 0 aliphatic rings. The molecule has 0 N–H and O–H groups in total. The van der Waals surface area contributed by atoms with E-state index in [0.29, 0.717) is 4.88 Å². The second kappa shape index (κ2) is 3.95. The van der Waals surface area contributed by atoms with E-state index in [2.05, 4.69) is 0 Å². The van der Waals surface area contributed by atoms with Crippen LogP contribution in [0.5, 0.6) is 0 Å². The molecule has 1 nitrogen and oxygen atoms in total. The SMILES string of the molecule is O=C(Cl)c1sccc1-c1ccccc1. The van der Waals surface area contributed by atoms with Crippen molar-refractivity contribution < 1.29 is 4.79 Å². The van der Waals surface area contributed by atoms with E-state index in [1.54, 1.807) is 0 Å². The van der Waals surface area contributed by atoms with E-state index >= 15 is 0 Å². The van der Waals surface area contributed by atoms with Gasteiger partial charge in [-0.1, -0.05) is 30.3 Å². The van der Waals surface area contributed by atoms with Crippen molar-refractivity contribution in [2.75, 3.05) is 0 Å². The third kappa shape index (κ3) is 1.72. The maximum absolute atomic E-state index is 11.1. The monoisotopic (exact) mass is 222 g/mol. The minimum Gasteiger partial charge on any atom is -0.275 e. The highest BCUT2D eigenvalue weighted by Gasteiger charge is 2.11. The van der Waals surface area contributed by atoms with E-state index in [4.69, 9.17) is 11.6 Å². The number of thiophene rings is 1. The number of halogens is 1. The van der Waals surface area contributed by atoms with Gasteiger partial charge in [-0.3, -0.25) is 4.79 Å². The summed E-state index contributed by atoms with van der Waals surface area (Å²) in [6.45, 7) is 0. The van der Waals surface area contributed by atoms with Crippen molar-refractivity contribution >= 4 is 28.2 Å². The van der Waals surface area contributed by atoms with Gasteiger partial charge in [0.1, 0.15) is 0 Å². The fraction of sp³-hybridized carbons (Fsp3) is 0. The van der Waals surface area contributed by atoms with E-state index in [9.17, 15) is 4.79 Å². The van der Waals surface area contributed by atoms with Crippen molar-refractivity contribution in [1.82, 2.24) is 0 Å². The Balaban J connectivity index is 2.52. The Kier molecular flexibility index (Phi) is 2.66. The average molecular weight is 223 g/mol. The molecule has 0 bridgehead atoms. The van der Waals surface area contributed by atoms with Crippen LogP contribution < -0.4 is 0 Å². The summed E-state index contributed by atoms with van der Waals surface area (Å²) in [5, 5.41) is 1.48. The highest BCUT2D eigenvalue weighted by molar-refractivity contribution is 7.14. The summed E-state index contributed by atoms with van der Waals surface area (Å²) in [5.74, 6) is 0. The van der Waals surface area contributed by atoms with Crippen molar-refractivity contribution in [3.8, 4) is 11.1 Å². The van der Waals surface area contributed by atoms with Crippen LogP contribution in [0, 0.1) is 0 Å². The van der Waals surface area contributed by atoms with E-state index < -0.39 is 0 Å². The molecule has 2 aromatic rings. The molecule has 1 aromatic heterocycles. The Morgan fingerprint density at radius 1 is 1.14 bits per heavy atom. The predicted octanol–water partition coefficient (Wildman–Crippen LogP) is 3.79. The van der Waals surface area contributed by atoms with E-state index in [0.717, 1.165) is 11.1 Å². The largest absolute Gasteiger partial charge is 0.275 e. The first-order valence-corrected chi connectivity index (χ1v) is 5.37. The normalized spacial score (nSPS) is 10.1. The van der Waals surface area contributed by atoms with Crippen LogP contribution in [0.4, 0.5) is 0 Å². The summed E-state index contributed by atoms with van der Waals surface area (Å²) in [7, 11) is 0. The zero-order valence-corrected chi connectivity index (χ0v) is 8.81. The van der Waals surface area contributed by atoms with Crippen molar-refractivity contribution in [3.63, 3.8) is 0 Å². The number of rotatable bonds is 2. The summed E-state index contributed by atoms with van der Waals surface area (Å²) < 4.78 is 0. The third-order valence-electron chi connectivity index (χ3n) is 1.93. The van der Waals surface area contributed by atoms with Gasteiger partial charge in [0.15, 0.2) is 0 Å². The quantitative estimate of drug-likeness (QED) is 0.707. The number of carbonyl (C=O) groups is 1. The van der Waals surface area contributed by atoms with Crippen LogP contribution in [0.15, 0.2) is 41.8 Å². The standard InChI is InChI=1S/C11H7ClOS/c12-11(13)10-9(6-7-14-10)8-4-2-1-3-5-8/h1-7H. The molecule has 0 unspecified atom stereocenters. The first-order valence-electron chi connectivity index (χ1n) is 4.12. The van der Waals surface area contributed by atoms with E-state index in [1.165, 1.54) is 11.3 Å². The summed E-state index contributed by atoms with van der Waals surface area (Å²) in [4.78, 5) is 11.7. The average Bonchev–Trinajstić information content (AvgIpc) is 2.67. The second-order valence-electron chi connectivity index (χ2n) is 2.80. The fourth-order valence-electron chi connectivity index (χ4n) is 1.31. The zero-order chi connectivity index (χ0) is 9.97. The second-order valence-corrected chi connectivity index (χ2v) is 4.06. The smallest absolute Gasteiger partial charge is 0.263 e. The Labute approximate surface area is 91.0 Å². The van der Waals surface area contributed by atoms with Gasteiger partial charge in [0.2, 0.25) is 0 Å². The molecule has 0 saturated carbocycles. The molecule has 0 atom stereocenters. The molecule has 1 aromatic carbocycles. The lowest BCUT2D eigenvalue weighted by Crippen LogP contribution is -1.86. The molecular weight excluding hydrogens is 216 g/mol. The molecule has 0 spiro atoms. The Hall–Kier alpha value is -1.12. The van der Waals surface area contributed by atoms with Crippen LogP contribution in [-0.4, -0.2) is 5.24 Å². The molecule has 0 saturated heterocycles. The molecule has 3 heteroatoms. The molecule has 14 heavy (non-hydrogen) atoms. The van der Waals surface area contributed by atoms with Gasteiger partial charge in [-0.2, -0.15) is 0 Å². The van der Waals surface area contributed by atoms with Gasteiger partial charge < -0.3 is 0 Å². The molecule has 0 radical (unpaired) electrons. The Morgan fingerprint density at radius 3 is 2.50 bits per heavy atom. The molecule has 0 fully saturated rings. The number of hydrogen-bond acceptors (Lipinski definition) is 2. The molecular formula is C11H7ClOS. The Morgan fingerprint density at radius 2 is 1.86 bits per heavy atom. The highest BCUT2D eigenvalue weighted by Crippen LogP contribution is 2.29. The number of benzene rings is 1. The zero-order valence-electron chi connectivity index (χ0n) is 7.24. The minimum atomic E-state index is -0.390. The van der Waals surface area contributed by atoms with Gasteiger partial charge in [0.25, 0.3) is 5.24 Å². The third-order valence-corrected chi connectivity index (χ3v) is 3.14. The van der Waals surface area contributed by atoms with Crippen molar-refractivity contribution in [2.45, 2.75) is 0 Å². The molecule has 0 aliphatic heterocycles. The van der Waals surface area contributed by atoms with Crippen LogP contribution in [0.1, 0.15) is 9.67 Å². The van der Waals surface area contributed by atoms with E-state index in [1.807, 2.05) is 41.8 Å². The number of hydrogen-bond donors (Lipinski definition) is 0. The molecule has 0 amide bonds. The van der Waals surface area contributed by atoms with Crippen LogP contribution in [0.25, 0.3) is 11.1 Å². The summed E-state index contributed by atoms with van der Waals surface area (Å²) >= 11 is 6.84. The lowest BCUT2D eigenvalue weighted by Gasteiger charge is -1.98. The first-order chi connectivity index (χ1) is 6.79. The highest BCUT2D eigenvalue weighted by atomic mass is 35.5. The van der Waals surface area contributed by atoms with Gasteiger partial charge >= 0.3 is 0 Å². The van der Waals surface area contributed by atoms with Crippen molar-refractivity contribution in [3.05, 3.63) is 46.7 Å². The Bertz CT molecular complexity index is 447. The summed E-state index contributed by atoms with van der Waals surface area (Å²) in [6.07, 6.45) is 0. The molecule has 1 heterocycles. The molecule has 0 aliphatic carbocycles. The van der Waals surface area contributed by atoms with Gasteiger partial charge in [-0.25, -0.2) is 0 Å². The fourth-order valence-corrected chi connectivity index (χ4v) is 2.29. The van der Waals surface area contributed by atoms with Crippen molar-refractivity contribution in [1.29, 1.82) is 0 Å².